The van der Waals surface area contributed by atoms with Crippen LogP contribution in [-0.4, -0.2) is 55.9 Å². The van der Waals surface area contributed by atoms with Crippen LogP contribution in [0.25, 0.3) is 0 Å². The van der Waals surface area contributed by atoms with Crippen LogP contribution in [0, 0.1) is 23.7 Å². The molecule has 4 rings (SSSR count). The molecule has 0 bridgehead atoms. The number of benzene rings is 1. The van der Waals surface area contributed by atoms with Crippen LogP contribution in [0.3, 0.4) is 0 Å². The third kappa shape index (κ3) is 6.22. The predicted octanol–water partition coefficient (Wildman–Crippen LogP) is 4.98. The van der Waals surface area contributed by atoms with Gasteiger partial charge in [0.2, 0.25) is 11.8 Å². The van der Waals surface area contributed by atoms with Gasteiger partial charge in [0.25, 0.3) is 5.91 Å². The number of thioether (sulfide) groups is 1. The number of hydrogen-bond acceptors (Lipinski definition) is 8. The fourth-order valence-corrected chi connectivity index (χ4v) is 6.20. The van der Waals surface area contributed by atoms with Crippen molar-refractivity contribution in [1.29, 1.82) is 5.41 Å². The molecular weight excluding hydrogens is 577 g/mol. The second kappa shape index (κ2) is 11.4. The third-order valence-electron chi connectivity index (χ3n) is 6.79. The highest BCUT2D eigenvalue weighted by Crippen LogP contribution is 2.46. The van der Waals surface area contributed by atoms with E-state index in [0.717, 1.165) is 15.1 Å². The van der Waals surface area contributed by atoms with Crippen molar-refractivity contribution in [2.24, 2.45) is 17.1 Å². The van der Waals surface area contributed by atoms with Gasteiger partial charge in [0.05, 0.1) is 23.0 Å². The molecule has 0 aliphatic carbocycles. The van der Waals surface area contributed by atoms with Crippen molar-refractivity contribution < 1.29 is 27.6 Å². The molecule has 2 unspecified atom stereocenters. The average Bonchev–Trinajstić information content (AvgIpc) is 3.54. The summed E-state index contributed by atoms with van der Waals surface area (Å²) in [4.78, 5) is 45.0. The normalized spacial score (nSPS) is 18.0. The molecule has 14 heteroatoms. The molecule has 3 heterocycles. The van der Waals surface area contributed by atoms with Crippen LogP contribution in [-0.2, 0) is 15.3 Å². The fraction of sp³-hybridized carbons (Fsp3) is 0.407. The molecule has 1 fully saturated rings. The number of aromatic nitrogens is 3. The van der Waals surface area contributed by atoms with Gasteiger partial charge in [-0.15, -0.1) is 23.1 Å². The largest absolute Gasteiger partial charge is 0.393 e. The molecule has 2 atom stereocenters. The predicted molar refractivity (Wildman–Crippen MR) is 149 cm³/mol. The number of amidine groups is 1. The molecule has 3 aromatic rings. The van der Waals surface area contributed by atoms with E-state index >= 15 is 0 Å². The van der Waals surface area contributed by atoms with E-state index in [2.05, 4.69) is 10.1 Å². The standard InChI is InChI=1S/C27H29F3N6O3S2/c1-14-20(19-17(27(28,29)30)9-10-35(23(19)38)25(39)26(2,3)4)34-36(22(37)18-12-40-13-33-18)24(14)41-11-15-5-7-16(8-6-15)21(31)32/h5-8,12-13,17,19H,9-11H2,1-4H3,(H3,31,32). The molecule has 3 N–H and O–H groups in total. The smallest absolute Gasteiger partial charge is 0.384 e. The van der Waals surface area contributed by atoms with Crippen LogP contribution in [0.5, 0.6) is 0 Å². The second-order valence-corrected chi connectivity index (χ2v) is 12.4. The first-order valence-corrected chi connectivity index (χ1v) is 14.5. The summed E-state index contributed by atoms with van der Waals surface area (Å²) in [5.74, 6) is -5.86. The molecule has 0 spiro atoms. The average molecular weight is 607 g/mol. The van der Waals surface area contributed by atoms with Gasteiger partial charge in [0, 0.05) is 34.2 Å². The number of hydrogen-bond donors (Lipinski definition) is 2. The maximum atomic E-state index is 14.3. The number of piperidine rings is 1. The van der Waals surface area contributed by atoms with E-state index < -0.39 is 47.6 Å². The summed E-state index contributed by atoms with van der Waals surface area (Å²) in [6.45, 7) is 5.96. The number of nitrogen functional groups attached to an aromatic ring is 1. The lowest BCUT2D eigenvalue weighted by molar-refractivity contribution is -0.197. The summed E-state index contributed by atoms with van der Waals surface area (Å²) >= 11 is 2.35. The minimum atomic E-state index is -4.74. The third-order valence-corrected chi connectivity index (χ3v) is 8.61. The number of nitrogens with two attached hydrogens (primary N) is 1. The lowest BCUT2D eigenvalue weighted by Gasteiger charge is -2.39. The molecule has 1 aliphatic heterocycles. The van der Waals surface area contributed by atoms with Crippen LogP contribution < -0.4 is 5.73 Å². The Hall–Kier alpha value is -3.52. The quantitative estimate of drug-likeness (QED) is 0.230. The summed E-state index contributed by atoms with van der Waals surface area (Å²) in [6.07, 6.45) is -5.21. The highest BCUT2D eigenvalue weighted by atomic mass is 32.2. The van der Waals surface area contributed by atoms with Crippen LogP contribution >= 0.6 is 23.1 Å². The Morgan fingerprint density at radius 2 is 1.85 bits per heavy atom. The minimum absolute atomic E-state index is 0.0589. The van der Waals surface area contributed by atoms with E-state index in [4.69, 9.17) is 11.1 Å². The van der Waals surface area contributed by atoms with Crippen molar-refractivity contribution in [2.45, 2.75) is 57.0 Å². The van der Waals surface area contributed by atoms with Gasteiger partial charge in [-0.1, -0.05) is 45.0 Å². The Bertz CT molecular complexity index is 1480. The van der Waals surface area contributed by atoms with Gasteiger partial charge in [-0.3, -0.25) is 24.7 Å². The lowest BCUT2D eigenvalue weighted by atomic mass is 9.80. The maximum absolute atomic E-state index is 14.3. The molecule has 0 saturated carbocycles. The van der Waals surface area contributed by atoms with Crippen molar-refractivity contribution >= 4 is 46.7 Å². The highest BCUT2D eigenvalue weighted by Gasteiger charge is 2.54. The van der Waals surface area contributed by atoms with Crippen molar-refractivity contribution in [3.8, 4) is 0 Å². The first-order valence-electron chi connectivity index (χ1n) is 12.6. The van der Waals surface area contributed by atoms with Crippen LogP contribution in [0.1, 0.15) is 66.0 Å². The number of thiazole rings is 1. The van der Waals surface area contributed by atoms with E-state index in [1.54, 1.807) is 45.0 Å². The van der Waals surface area contributed by atoms with Gasteiger partial charge in [-0.25, -0.2) is 4.98 Å². The summed E-state index contributed by atoms with van der Waals surface area (Å²) in [7, 11) is 0. The maximum Gasteiger partial charge on any atom is 0.393 e. The zero-order valence-corrected chi connectivity index (χ0v) is 24.4. The first-order chi connectivity index (χ1) is 19.1. The van der Waals surface area contributed by atoms with Crippen molar-refractivity contribution in [3.05, 3.63) is 63.2 Å². The summed E-state index contributed by atoms with van der Waals surface area (Å²) < 4.78 is 43.9. The number of carbonyl (C=O) groups is 3. The van der Waals surface area contributed by atoms with E-state index in [1.807, 2.05) is 0 Å². The topological polar surface area (TPSA) is 135 Å². The SMILES string of the molecule is Cc1c(C2C(=O)N(C(=O)C(C)(C)C)CCC2C(F)(F)F)nn(C(=O)c2cscn2)c1SCc1ccc(C(=N)N)cc1. The zero-order chi connectivity index (χ0) is 30.3. The number of likely N-dealkylation sites (tertiary alicyclic amines) is 1. The minimum Gasteiger partial charge on any atom is -0.384 e. The first kappa shape index (κ1) is 30.4. The van der Waals surface area contributed by atoms with E-state index in [0.29, 0.717) is 11.3 Å². The van der Waals surface area contributed by atoms with Crippen LogP contribution in [0.15, 0.2) is 40.2 Å². The van der Waals surface area contributed by atoms with Crippen LogP contribution in [0.2, 0.25) is 0 Å². The molecule has 1 aromatic carbocycles. The van der Waals surface area contributed by atoms with Crippen molar-refractivity contribution in [3.63, 3.8) is 0 Å². The number of nitrogens with one attached hydrogen (secondary N) is 1. The van der Waals surface area contributed by atoms with Gasteiger partial charge in [0.1, 0.15) is 16.6 Å². The monoisotopic (exact) mass is 606 g/mol. The summed E-state index contributed by atoms with van der Waals surface area (Å²) in [5, 5.41) is 13.6. The van der Waals surface area contributed by atoms with E-state index in [-0.39, 0.29) is 34.4 Å². The number of carbonyl (C=O) groups excluding carboxylic acids is 3. The van der Waals surface area contributed by atoms with Gasteiger partial charge >= 0.3 is 6.18 Å². The molecule has 0 radical (unpaired) electrons. The Kier molecular flexibility index (Phi) is 8.46. The number of alkyl halides is 3. The molecular formula is C27H29F3N6O3S2. The summed E-state index contributed by atoms with van der Waals surface area (Å²) in [6, 6.07) is 6.85. The molecule has 2 amide bonds. The Labute approximate surface area is 242 Å². The molecule has 9 nitrogen and oxygen atoms in total. The Balaban J connectivity index is 1.79. The molecule has 2 aromatic heterocycles. The second-order valence-electron chi connectivity index (χ2n) is 10.8. The number of halogens is 3. The molecule has 1 aliphatic rings. The number of imide groups is 1. The zero-order valence-electron chi connectivity index (χ0n) is 22.8. The van der Waals surface area contributed by atoms with Crippen LogP contribution in [0.4, 0.5) is 13.2 Å². The molecule has 218 valence electrons. The molecule has 41 heavy (non-hydrogen) atoms. The highest BCUT2D eigenvalue weighted by molar-refractivity contribution is 7.98. The number of rotatable bonds is 6. The fourth-order valence-electron chi connectivity index (χ4n) is 4.61. The van der Waals surface area contributed by atoms with Crippen molar-refractivity contribution in [1.82, 2.24) is 19.7 Å². The van der Waals surface area contributed by atoms with Crippen molar-refractivity contribution in [2.75, 3.05) is 6.54 Å². The Morgan fingerprint density at radius 3 is 2.39 bits per heavy atom. The lowest BCUT2D eigenvalue weighted by Crippen LogP contribution is -2.53. The Morgan fingerprint density at radius 1 is 1.20 bits per heavy atom. The van der Waals surface area contributed by atoms with Gasteiger partial charge in [0.15, 0.2) is 0 Å². The number of nitrogens with zero attached hydrogens (tertiary/aromatic N) is 4. The van der Waals surface area contributed by atoms with Gasteiger partial charge in [-0.05, 0) is 18.9 Å². The summed E-state index contributed by atoms with van der Waals surface area (Å²) in [5.41, 5.74) is 7.43. The molecule has 1 saturated heterocycles. The van der Waals surface area contributed by atoms with Gasteiger partial charge in [-0.2, -0.15) is 23.0 Å². The van der Waals surface area contributed by atoms with E-state index in [1.165, 1.54) is 40.9 Å². The number of amides is 2. The van der Waals surface area contributed by atoms with E-state index in [9.17, 15) is 27.6 Å². The van der Waals surface area contributed by atoms with Gasteiger partial charge < -0.3 is 5.73 Å².